The maximum absolute atomic E-state index is 12.9. The first kappa shape index (κ1) is 9.58. The normalized spacial score (nSPS) is 10.6. The van der Waals surface area contributed by atoms with Crippen LogP contribution in [0, 0.1) is 12.9 Å². The SMILES string of the molecule is Cc1c(C=CCC=O)ccnc1F. The Morgan fingerprint density at radius 3 is 3.08 bits per heavy atom. The van der Waals surface area contributed by atoms with Gasteiger partial charge in [-0.2, -0.15) is 4.39 Å². The van der Waals surface area contributed by atoms with Crippen LogP contribution in [0.2, 0.25) is 0 Å². The Morgan fingerprint density at radius 1 is 1.62 bits per heavy atom. The minimum atomic E-state index is -0.465. The molecule has 0 bridgehead atoms. The van der Waals surface area contributed by atoms with Crippen molar-refractivity contribution >= 4 is 12.4 Å². The molecule has 0 aliphatic carbocycles. The van der Waals surface area contributed by atoms with E-state index in [9.17, 15) is 9.18 Å². The van der Waals surface area contributed by atoms with Gasteiger partial charge in [0.1, 0.15) is 6.29 Å². The molecule has 3 heteroatoms. The van der Waals surface area contributed by atoms with E-state index in [2.05, 4.69) is 4.98 Å². The van der Waals surface area contributed by atoms with Crippen LogP contribution in [0.5, 0.6) is 0 Å². The first-order valence-electron chi connectivity index (χ1n) is 3.97. The van der Waals surface area contributed by atoms with E-state index in [1.165, 1.54) is 6.20 Å². The predicted octanol–water partition coefficient (Wildman–Crippen LogP) is 2.13. The number of halogens is 1. The number of nitrogens with zero attached hydrogens (tertiary/aromatic N) is 1. The second kappa shape index (κ2) is 4.50. The maximum Gasteiger partial charge on any atom is 0.216 e. The smallest absolute Gasteiger partial charge is 0.216 e. The van der Waals surface area contributed by atoms with Gasteiger partial charge in [-0.3, -0.25) is 0 Å². The van der Waals surface area contributed by atoms with E-state index in [0.717, 1.165) is 11.8 Å². The fourth-order valence-electron chi connectivity index (χ4n) is 0.955. The highest BCUT2D eigenvalue weighted by atomic mass is 19.1. The van der Waals surface area contributed by atoms with E-state index < -0.39 is 5.95 Å². The molecule has 0 saturated heterocycles. The molecule has 1 aromatic heterocycles. The average Bonchev–Trinajstić information content (AvgIpc) is 2.13. The minimum absolute atomic E-state index is 0.351. The third kappa shape index (κ3) is 2.47. The minimum Gasteiger partial charge on any atom is -0.303 e. The lowest BCUT2D eigenvalue weighted by Gasteiger charge is -1.98. The zero-order chi connectivity index (χ0) is 9.68. The summed E-state index contributed by atoms with van der Waals surface area (Å²) in [4.78, 5) is 13.5. The fourth-order valence-corrected chi connectivity index (χ4v) is 0.955. The number of rotatable bonds is 3. The van der Waals surface area contributed by atoms with Crippen LogP contribution in [0.3, 0.4) is 0 Å². The summed E-state index contributed by atoms with van der Waals surface area (Å²) in [6, 6.07) is 1.71. The monoisotopic (exact) mass is 179 g/mol. The second-order valence-corrected chi connectivity index (χ2v) is 2.62. The van der Waals surface area contributed by atoms with Gasteiger partial charge in [-0.05, 0) is 18.6 Å². The topological polar surface area (TPSA) is 30.0 Å². The van der Waals surface area contributed by atoms with Gasteiger partial charge in [0.2, 0.25) is 5.95 Å². The third-order valence-electron chi connectivity index (χ3n) is 1.71. The molecule has 0 fully saturated rings. The molecule has 0 aliphatic heterocycles. The molecular weight excluding hydrogens is 169 g/mol. The zero-order valence-corrected chi connectivity index (χ0v) is 7.33. The molecule has 0 saturated carbocycles. The van der Waals surface area contributed by atoms with E-state index >= 15 is 0 Å². The Balaban J connectivity index is 2.88. The number of carbonyl (C=O) groups excluding carboxylic acids is 1. The lowest BCUT2D eigenvalue weighted by molar-refractivity contribution is -0.107. The van der Waals surface area contributed by atoms with Crippen molar-refractivity contribution < 1.29 is 9.18 Å². The molecule has 0 aromatic carbocycles. The first-order chi connectivity index (χ1) is 6.25. The summed E-state index contributed by atoms with van der Waals surface area (Å²) in [6.45, 7) is 1.66. The molecule has 68 valence electrons. The number of hydrogen-bond acceptors (Lipinski definition) is 2. The van der Waals surface area contributed by atoms with Gasteiger partial charge >= 0.3 is 0 Å². The average molecular weight is 179 g/mol. The van der Waals surface area contributed by atoms with Crippen molar-refractivity contribution in [1.29, 1.82) is 0 Å². The standard InChI is InChI=1S/C10H10FNO/c1-8-9(4-2-3-7-13)5-6-12-10(8)11/h2,4-7H,3H2,1H3. The van der Waals surface area contributed by atoms with Crippen LogP contribution >= 0.6 is 0 Å². The third-order valence-corrected chi connectivity index (χ3v) is 1.71. The lowest BCUT2D eigenvalue weighted by atomic mass is 10.1. The summed E-state index contributed by atoms with van der Waals surface area (Å²) in [5, 5.41) is 0. The first-order valence-corrected chi connectivity index (χ1v) is 3.97. The molecule has 0 aliphatic rings. The van der Waals surface area contributed by atoms with Crippen LogP contribution in [0.4, 0.5) is 4.39 Å². The highest BCUT2D eigenvalue weighted by Crippen LogP contribution is 2.11. The van der Waals surface area contributed by atoms with Gasteiger partial charge in [-0.15, -0.1) is 0 Å². The summed E-state index contributed by atoms with van der Waals surface area (Å²) < 4.78 is 12.9. The molecule has 0 spiro atoms. The Labute approximate surface area is 76.1 Å². The molecule has 2 nitrogen and oxygen atoms in total. The highest BCUT2D eigenvalue weighted by molar-refractivity contribution is 5.59. The molecular formula is C10H10FNO. The molecule has 0 radical (unpaired) electrons. The van der Waals surface area contributed by atoms with Crippen LogP contribution in [-0.2, 0) is 4.79 Å². The molecule has 0 amide bonds. The van der Waals surface area contributed by atoms with Gasteiger partial charge in [-0.1, -0.05) is 12.2 Å². The molecule has 1 rings (SSSR count). The van der Waals surface area contributed by atoms with E-state index in [1.807, 2.05) is 0 Å². The Hall–Kier alpha value is -1.51. The van der Waals surface area contributed by atoms with Crippen molar-refractivity contribution in [2.45, 2.75) is 13.3 Å². The Kier molecular flexibility index (Phi) is 3.31. The molecule has 0 atom stereocenters. The summed E-state index contributed by atoms with van der Waals surface area (Å²) in [7, 11) is 0. The lowest BCUT2D eigenvalue weighted by Crippen LogP contribution is -1.90. The molecule has 0 N–H and O–H groups in total. The highest BCUT2D eigenvalue weighted by Gasteiger charge is 2.00. The number of aldehydes is 1. The summed E-state index contributed by atoms with van der Waals surface area (Å²) in [5.41, 5.74) is 1.26. The van der Waals surface area contributed by atoms with Crippen molar-refractivity contribution in [2.24, 2.45) is 0 Å². The second-order valence-electron chi connectivity index (χ2n) is 2.62. The summed E-state index contributed by atoms with van der Waals surface area (Å²) >= 11 is 0. The van der Waals surface area contributed by atoms with E-state index in [0.29, 0.717) is 12.0 Å². The van der Waals surface area contributed by atoms with Crippen molar-refractivity contribution in [3.05, 3.63) is 35.4 Å². The van der Waals surface area contributed by atoms with Crippen molar-refractivity contribution in [2.75, 3.05) is 0 Å². The Bertz CT molecular complexity index is 334. The van der Waals surface area contributed by atoms with Crippen LogP contribution in [-0.4, -0.2) is 11.3 Å². The quantitative estimate of drug-likeness (QED) is 0.525. The number of hydrogen-bond donors (Lipinski definition) is 0. The van der Waals surface area contributed by atoms with Gasteiger partial charge in [-0.25, -0.2) is 4.98 Å². The van der Waals surface area contributed by atoms with E-state index in [1.54, 1.807) is 25.1 Å². The van der Waals surface area contributed by atoms with Gasteiger partial charge in [0.15, 0.2) is 0 Å². The van der Waals surface area contributed by atoms with Crippen molar-refractivity contribution in [3.63, 3.8) is 0 Å². The van der Waals surface area contributed by atoms with E-state index in [4.69, 9.17) is 0 Å². The Morgan fingerprint density at radius 2 is 2.38 bits per heavy atom. The number of pyridine rings is 1. The van der Waals surface area contributed by atoms with Gasteiger partial charge < -0.3 is 4.79 Å². The van der Waals surface area contributed by atoms with Gasteiger partial charge in [0, 0.05) is 18.2 Å². The molecule has 1 aromatic rings. The summed E-state index contributed by atoms with van der Waals surface area (Å²) in [5.74, 6) is -0.465. The molecule has 0 unspecified atom stereocenters. The van der Waals surface area contributed by atoms with Crippen molar-refractivity contribution in [3.8, 4) is 0 Å². The van der Waals surface area contributed by atoms with Crippen LogP contribution in [0.15, 0.2) is 18.3 Å². The van der Waals surface area contributed by atoms with E-state index in [-0.39, 0.29) is 0 Å². The van der Waals surface area contributed by atoms with Gasteiger partial charge in [0.05, 0.1) is 0 Å². The maximum atomic E-state index is 12.9. The van der Waals surface area contributed by atoms with Crippen LogP contribution < -0.4 is 0 Å². The van der Waals surface area contributed by atoms with Crippen molar-refractivity contribution in [1.82, 2.24) is 4.98 Å². The summed E-state index contributed by atoms with van der Waals surface area (Å²) in [6.07, 6.45) is 5.96. The molecule has 13 heavy (non-hydrogen) atoms. The molecule has 1 heterocycles. The largest absolute Gasteiger partial charge is 0.303 e. The zero-order valence-electron chi connectivity index (χ0n) is 7.33. The fraction of sp³-hybridized carbons (Fsp3) is 0.200. The van der Waals surface area contributed by atoms with Crippen LogP contribution in [0.25, 0.3) is 6.08 Å². The van der Waals surface area contributed by atoms with Crippen LogP contribution in [0.1, 0.15) is 17.5 Å². The number of carbonyl (C=O) groups is 1. The number of aromatic nitrogens is 1. The number of allylic oxidation sites excluding steroid dienone is 1. The van der Waals surface area contributed by atoms with Gasteiger partial charge in [0.25, 0.3) is 0 Å². The predicted molar refractivity (Wildman–Crippen MR) is 48.6 cm³/mol.